The molecule has 1 aliphatic rings. The van der Waals surface area contributed by atoms with Crippen molar-refractivity contribution in [3.63, 3.8) is 0 Å². The fourth-order valence-corrected chi connectivity index (χ4v) is 3.81. The second-order valence-corrected chi connectivity index (χ2v) is 7.01. The van der Waals surface area contributed by atoms with Crippen molar-refractivity contribution < 1.29 is 4.74 Å². The Morgan fingerprint density at radius 3 is 3.04 bits per heavy atom. The van der Waals surface area contributed by atoms with Gasteiger partial charge in [0.15, 0.2) is 0 Å². The lowest BCUT2D eigenvalue weighted by molar-refractivity contribution is 0.415. The Kier molecular flexibility index (Phi) is 4.80. The molecule has 1 aliphatic heterocycles. The van der Waals surface area contributed by atoms with Crippen LogP contribution in [0.15, 0.2) is 48.7 Å². The first-order chi connectivity index (χ1) is 12.7. The number of methoxy groups -OCH3 is 1. The molecule has 136 valence electrons. The molecule has 5 heteroatoms. The van der Waals surface area contributed by atoms with Gasteiger partial charge in [-0.05, 0) is 43.5 Å². The molecule has 4 rings (SSSR count). The number of aryl methyl sites for hydroxylation is 1. The third kappa shape index (κ3) is 3.40. The summed E-state index contributed by atoms with van der Waals surface area (Å²) in [6.07, 6.45) is 3.31. The molecule has 1 unspecified atom stereocenters. The quantitative estimate of drug-likeness (QED) is 0.741. The van der Waals surface area contributed by atoms with Crippen molar-refractivity contribution in [3.05, 3.63) is 60.0 Å². The molecule has 1 atom stereocenters. The fourth-order valence-electron chi connectivity index (χ4n) is 3.81. The molecular formula is C21H26N4O. The van der Waals surface area contributed by atoms with E-state index < -0.39 is 0 Å². The zero-order chi connectivity index (χ0) is 17.9. The standard InChI is InChI=1S/C21H26N4O/c1-16-20(25-10-4-3-8-21(25)23-16)14-22-13-17-9-11-24(15-17)18-6-5-7-19(12-18)26-2/h3-8,10,12,17,22H,9,11,13-15H2,1-2H3. The normalized spacial score (nSPS) is 17.2. The molecule has 0 aliphatic carbocycles. The van der Waals surface area contributed by atoms with Gasteiger partial charge in [0.2, 0.25) is 0 Å². The number of aromatic nitrogens is 2. The van der Waals surface area contributed by atoms with Gasteiger partial charge >= 0.3 is 0 Å². The number of nitrogens with zero attached hydrogens (tertiary/aromatic N) is 3. The number of ether oxygens (including phenoxy) is 1. The fraction of sp³-hybridized carbons (Fsp3) is 0.381. The molecule has 1 aromatic carbocycles. The number of rotatable bonds is 6. The number of hydrogen-bond donors (Lipinski definition) is 1. The van der Waals surface area contributed by atoms with Crippen LogP contribution in [0, 0.1) is 12.8 Å². The van der Waals surface area contributed by atoms with Gasteiger partial charge in [-0.1, -0.05) is 12.1 Å². The van der Waals surface area contributed by atoms with Crippen LogP contribution < -0.4 is 15.0 Å². The first-order valence-corrected chi connectivity index (χ1v) is 9.27. The summed E-state index contributed by atoms with van der Waals surface area (Å²) in [6.45, 7) is 6.16. The molecule has 1 fully saturated rings. The van der Waals surface area contributed by atoms with Gasteiger partial charge in [-0.2, -0.15) is 0 Å². The van der Waals surface area contributed by atoms with Crippen LogP contribution in [0.4, 0.5) is 5.69 Å². The molecule has 0 saturated carbocycles. The highest BCUT2D eigenvalue weighted by Crippen LogP contribution is 2.26. The maximum absolute atomic E-state index is 5.35. The Morgan fingerprint density at radius 1 is 1.23 bits per heavy atom. The van der Waals surface area contributed by atoms with Crippen LogP contribution >= 0.6 is 0 Å². The van der Waals surface area contributed by atoms with Crippen molar-refractivity contribution in [1.82, 2.24) is 14.7 Å². The van der Waals surface area contributed by atoms with E-state index in [-0.39, 0.29) is 0 Å². The van der Waals surface area contributed by atoms with Gasteiger partial charge in [-0.25, -0.2) is 4.98 Å². The summed E-state index contributed by atoms with van der Waals surface area (Å²) in [4.78, 5) is 7.09. The van der Waals surface area contributed by atoms with Crippen molar-refractivity contribution in [2.45, 2.75) is 19.9 Å². The molecule has 1 saturated heterocycles. The summed E-state index contributed by atoms with van der Waals surface area (Å²) in [5, 5.41) is 3.65. The number of imidazole rings is 1. The summed E-state index contributed by atoms with van der Waals surface area (Å²) in [5.41, 5.74) is 4.63. The highest BCUT2D eigenvalue weighted by Gasteiger charge is 2.22. The molecule has 26 heavy (non-hydrogen) atoms. The van der Waals surface area contributed by atoms with Crippen LogP contribution in [0.5, 0.6) is 5.75 Å². The highest BCUT2D eigenvalue weighted by atomic mass is 16.5. The summed E-state index contributed by atoms with van der Waals surface area (Å²) < 4.78 is 7.53. The van der Waals surface area contributed by atoms with Crippen molar-refractivity contribution in [1.29, 1.82) is 0 Å². The SMILES string of the molecule is COc1cccc(N2CCC(CNCc3c(C)nc4ccccn34)C2)c1. The number of pyridine rings is 1. The second-order valence-electron chi connectivity index (χ2n) is 7.01. The van der Waals surface area contributed by atoms with Gasteiger partial charge in [-0.3, -0.25) is 0 Å². The lowest BCUT2D eigenvalue weighted by Gasteiger charge is -2.19. The van der Waals surface area contributed by atoms with Gasteiger partial charge in [0.25, 0.3) is 0 Å². The van der Waals surface area contributed by atoms with E-state index in [1.807, 2.05) is 12.1 Å². The average molecular weight is 350 g/mol. The van der Waals surface area contributed by atoms with Crippen molar-refractivity contribution >= 4 is 11.3 Å². The van der Waals surface area contributed by atoms with Gasteiger partial charge in [0, 0.05) is 44.1 Å². The Balaban J connectivity index is 1.34. The lowest BCUT2D eigenvalue weighted by Crippen LogP contribution is -2.26. The van der Waals surface area contributed by atoms with E-state index >= 15 is 0 Å². The van der Waals surface area contributed by atoms with Crippen molar-refractivity contribution in [3.8, 4) is 5.75 Å². The second kappa shape index (κ2) is 7.38. The molecule has 0 bridgehead atoms. The summed E-state index contributed by atoms with van der Waals surface area (Å²) in [5.74, 6) is 1.59. The molecule has 3 aromatic rings. The van der Waals surface area contributed by atoms with E-state index in [2.05, 4.69) is 63.1 Å². The van der Waals surface area contributed by atoms with E-state index in [4.69, 9.17) is 4.74 Å². The maximum atomic E-state index is 5.35. The third-order valence-corrected chi connectivity index (χ3v) is 5.26. The van der Waals surface area contributed by atoms with E-state index in [0.29, 0.717) is 5.92 Å². The van der Waals surface area contributed by atoms with Crippen LogP contribution in [0.1, 0.15) is 17.8 Å². The van der Waals surface area contributed by atoms with Crippen LogP contribution in [0.2, 0.25) is 0 Å². The van der Waals surface area contributed by atoms with Gasteiger partial charge in [0.1, 0.15) is 11.4 Å². The minimum absolute atomic E-state index is 0.667. The monoisotopic (exact) mass is 350 g/mol. The van der Waals surface area contributed by atoms with Crippen molar-refractivity contribution in [2.75, 3.05) is 31.6 Å². The van der Waals surface area contributed by atoms with E-state index in [0.717, 1.165) is 43.3 Å². The zero-order valence-corrected chi connectivity index (χ0v) is 15.5. The van der Waals surface area contributed by atoms with Crippen molar-refractivity contribution in [2.24, 2.45) is 5.92 Å². The number of nitrogens with one attached hydrogen (secondary N) is 1. The number of benzene rings is 1. The third-order valence-electron chi connectivity index (χ3n) is 5.26. The van der Waals surface area contributed by atoms with Crippen LogP contribution in [-0.4, -0.2) is 36.1 Å². The Morgan fingerprint density at radius 2 is 2.15 bits per heavy atom. The minimum atomic E-state index is 0.667. The van der Waals surface area contributed by atoms with Crippen LogP contribution in [0.25, 0.3) is 5.65 Å². The summed E-state index contributed by atoms with van der Waals surface area (Å²) in [7, 11) is 1.72. The first kappa shape index (κ1) is 16.9. The van der Waals surface area contributed by atoms with Gasteiger partial charge in [-0.15, -0.1) is 0 Å². The lowest BCUT2D eigenvalue weighted by atomic mass is 10.1. The number of hydrogen-bond acceptors (Lipinski definition) is 4. The van der Waals surface area contributed by atoms with Crippen LogP contribution in [-0.2, 0) is 6.54 Å². The largest absolute Gasteiger partial charge is 0.497 e. The Hall–Kier alpha value is -2.53. The average Bonchev–Trinajstić information content (AvgIpc) is 3.27. The summed E-state index contributed by atoms with van der Waals surface area (Å²) in [6, 6.07) is 14.5. The maximum Gasteiger partial charge on any atom is 0.137 e. The smallest absolute Gasteiger partial charge is 0.137 e. The van der Waals surface area contributed by atoms with Gasteiger partial charge in [0.05, 0.1) is 18.5 Å². The zero-order valence-electron chi connectivity index (χ0n) is 15.5. The van der Waals surface area contributed by atoms with Gasteiger partial charge < -0.3 is 19.4 Å². The Bertz CT molecular complexity index is 889. The Labute approximate surface area is 154 Å². The van der Waals surface area contributed by atoms with Crippen LogP contribution in [0.3, 0.4) is 0 Å². The van der Waals surface area contributed by atoms with E-state index in [9.17, 15) is 0 Å². The minimum Gasteiger partial charge on any atom is -0.497 e. The van der Waals surface area contributed by atoms with E-state index in [1.54, 1.807) is 7.11 Å². The summed E-state index contributed by atoms with van der Waals surface area (Å²) >= 11 is 0. The topological polar surface area (TPSA) is 41.8 Å². The van der Waals surface area contributed by atoms with E-state index in [1.165, 1.54) is 17.8 Å². The highest BCUT2D eigenvalue weighted by molar-refractivity contribution is 5.51. The predicted molar refractivity (Wildman–Crippen MR) is 105 cm³/mol. The number of fused-ring (bicyclic) bond motifs is 1. The molecular weight excluding hydrogens is 324 g/mol. The molecule has 3 heterocycles. The predicted octanol–water partition coefficient (Wildman–Crippen LogP) is 3.27. The molecule has 0 spiro atoms. The first-order valence-electron chi connectivity index (χ1n) is 9.27. The molecule has 2 aromatic heterocycles. The molecule has 0 amide bonds. The number of anilines is 1. The molecule has 5 nitrogen and oxygen atoms in total. The molecule has 1 N–H and O–H groups in total. The molecule has 0 radical (unpaired) electrons.